The summed E-state index contributed by atoms with van der Waals surface area (Å²) in [5, 5.41) is 7.58. The van der Waals surface area contributed by atoms with Crippen LogP contribution in [0.25, 0.3) is 32.3 Å². The molecule has 2 aliphatic rings. The second-order valence-electron chi connectivity index (χ2n) is 19.5. The van der Waals surface area contributed by atoms with E-state index in [4.69, 9.17) is 0 Å². The van der Waals surface area contributed by atoms with Crippen LogP contribution in [0.2, 0.25) is 0 Å². The van der Waals surface area contributed by atoms with Gasteiger partial charge in [0.2, 0.25) is 0 Å². The number of benzene rings is 8. The number of fused-ring (bicyclic) bond motifs is 5. The molecule has 2 fully saturated rings. The maximum atomic E-state index is 2.52. The second kappa shape index (κ2) is 17.7. The molecule has 0 aromatic heterocycles. The molecule has 0 bridgehead atoms. The number of hydrogen-bond acceptors (Lipinski definition) is 2. The summed E-state index contributed by atoms with van der Waals surface area (Å²) in [6.07, 6.45) is 13.3. The van der Waals surface area contributed by atoms with Crippen LogP contribution in [0.15, 0.2) is 152 Å². The second-order valence-corrected chi connectivity index (χ2v) is 19.5. The van der Waals surface area contributed by atoms with E-state index >= 15 is 0 Å². The molecule has 0 unspecified atom stereocenters. The minimum atomic E-state index is 0.467. The third-order valence-corrected chi connectivity index (χ3v) is 14.7. The summed E-state index contributed by atoms with van der Waals surface area (Å²) in [6, 6.07) is 59.0. The third-order valence-electron chi connectivity index (χ3n) is 14.7. The quantitative estimate of drug-likeness (QED) is 0.127. The van der Waals surface area contributed by atoms with E-state index < -0.39 is 0 Å². The molecule has 2 aliphatic carbocycles. The first kappa shape index (κ1) is 41.2. The number of anilines is 6. The van der Waals surface area contributed by atoms with E-state index in [1.54, 1.807) is 0 Å². The van der Waals surface area contributed by atoms with Crippen LogP contribution in [-0.2, 0) is 0 Å². The van der Waals surface area contributed by atoms with Crippen molar-refractivity contribution >= 4 is 66.4 Å². The predicted molar refractivity (Wildman–Crippen MR) is 273 cm³/mol. The summed E-state index contributed by atoms with van der Waals surface area (Å²) < 4.78 is 0. The molecular formula is C61H64N2. The minimum absolute atomic E-state index is 0.467. The van der Waals surface area contributed by atoms with Gasteiger partial charge in [0.1, 0.15) is 0 Å². The van der Waals surface area contributed by atoms with Gasteiger partial charge in [0.25, 0.3) is 0 Å². The van der Waals surface area contributed by atoms with Gasteiger partial charge >= 0.3 is 0 Å². The van der Waals surface area contributed by atoms with E-state index in [-0.39, 0.29) is 0 Å². The minimum Gasteiger partial charge on any atom is -0.310 e. The Hall–Kier alpha value is -5.86. The largest absolute Gasteiger partial charge is 0.310 e. The molecule has 318 valence electrons. The highest BCUT2D eigenvalue weighted by Crippen LogP contribution is 2.49. The van der Waals surface area contributed by atoms with Crippen LogP contribution in [0.5, 0.6) is 0 Å². The smallest absolute Gasteiger partial charge is 0.0546 e. The van der Waals surface area contributed by atoms with Gasteiger partial charge in [-0.05, 0) is 167 Å². The molecule has 0 N–H and O–H groups in total. The van der Waals surface area contributed by atoms with E-state index in [2.05, 4.69) is 196 Å². The van der Waals surface area contributed by atoms with E-state index in [9.17, 15) is 0 Å². The van der Waals surface area contributed by atoms with Crippen molar-refractivity contribution in [3.8, 4) is 0 Å². The van der Waals surface area contributed by atoms with Gasteiger partial charge in [0.05, 0.1) is 11.4 Å². The predicted octanol–water partition coefficient (Wildman–Crippen LogP) is 18.7. The van der Waals surface area contributed by atoms with Crippen LogP contribution >= 0.6 is 0 Å². The zero-order valence-electron chi connectivity index (χ0n) is 38.2. The molecule has 8 aromatic rings. The van der Waals surface area contributed by atoms with Gasteiger partial charge in [0.15, 0.2) is 0 Å². The van der Waals surface area contributed by atoms with Crippen LogP contribution < -0.4 is 9.80 Å². The number of rotatable bonds is 10. The molecule has 2 nitrogen and oxygen atoms in total. The van der Waals surface area contributed by atoms with Crippen molar-refractivity contribution in [1.82, 2.24) is 0 Å². The van der Waals surface area contributed by atoms with Crippen molar-refractivity contribution in [1.29, 1.82) is 0 Å². The van der Waals surface area contributed by atoms with Crippen LogP contribution in [0.1, 0.15) is 143 Å². The molecule has 0 heterocycles. The van der Waals surface area contributed by atoms with Gasteiger partial charge < -0.3 is 9.80 Å². The van der Waals surface area contributed by atoms with Crippen LogP contribution in [-0.4, -0.2) is 0 Å². The molecule has 2 saturated carbocycles. The van der Waals surface area contributed by atoms with Crippen molar-refractivity contribution in [2.45, 2.75) is 122 Å². The van der Waals surface area contributed by atoms with Gasteiger partial charge in [-0.25, -0.2) is 0 Å². The lowest BCUT2D eigenvalue weighted by molar-refractivity contribution is 0.443. The zero-order valence-corrected chi connectivity index (χ0v) is 38.2. The van der Waals surface area contributed by atoms with Crippen molar-refractivity contribution < 1.29 is 0 Å². The molecule has 2 heteroatoms. The first-order valence-corrected chi connectivity index (χ1v) is 24.2. The van der Waals surface area contributed by atoms with Gasteiger partial charge in [-0.3, -0.25) is 0 Å². The van der Waals surface area contributed by atoms with Crippen LogP contribution in [0.4, 0.5) is 34.1 Å². The molecule has 63 heavy (non-hydrogen) atoms. The number of hydrogen-bond donors (Lipinski definition) is 0. The molecule has 0 atom stereocenters. The maximum Gasteiger partial charge on any atom is 0.0546 e. The maximum absolute atomic E-state index is 2.52. The summed E-state index contributed by atoms with van der Waals surface area (Å²) in [5.74, 6) is 2.27. The monoisotopic (exact) mass is 825 g/mol. The Morgan fingerprint density at radius 1 is 0.365 bits per heavy atom. The van der Waals surface area contributed by atoms with Crippen molar-refractivity contribution in [2.75, 3.05) is 9.80 Å². The number of nitrogens with zero attached hydrogens (tertiary/aromatic N) is 2. The van der Waals surface area contributed by atoms with Crippen LogP contribution in [0, 0.1) is 6.92 Å². The lowest BCUT2D eigenvalue weighted by atomic mass is 9.84. The lowest BCUT2D eigenvalue weighted by Crippen LogP contribution is -2.13. The Bertz CT molecular complexity index is 2840. The number of aryl methyl sites for hydroxylation is 1. The summed E-state index contributed by atoms with van der Waals surface area (Å²) in [4.78, 5) is 5.04. The molecule has 8 aromatic carbocycles. The van der Waals surface area contributed by atoms with Gasteiger partial charge in [0, 0.05) is 33.5 Å². The van der Waals surface area contributed by atoms with Crippen molar-refractivity contribution in [3.05, 3.63) is 179 Å². The lowest BCUT2D eigenvalue weighted by Gasteiger charge is -2.31. The first-order valence-electron chi connectivity index (χ1n) is 24.2. The van der Waals surface area contributed by atoms with E-state index in [1.807, 2.05) is 0 Å². The summed E-state index contributed by atoms with van der Waals surface area (Å²) >= 11 is 0. The Morgan fingerprint density at radius 2 is 0.746 bits per heavy atom. The van der Waals surface area contributed by atoms with Crippen LogP contribution in [0.3, 0.4) is 0 Å². The fourth-order valence-electron chi connectivity index (χ4n) is 11.0. The normalized spacial score (nSPS) is 15.2. The molecule has 0 radical (unpaired) electrons. The summed E-state index contributed by atoms with van der Waals surface area (Å²) in [6.45, 7) is 11.4. The fraction of sp³-hybridized carbons (Fsp3) is 0.311. The highest BCUT2D eigenvalue weighted by Gasteiger charge is 2.24. The van der Waals surface area contributed by atoms with Gasteiger partial charge in [-0.15, -0.1) is 0 Å². The average molecular weight is 825 g/mol. The summed E-state index contributed by atoms with van der Waals surface area (Å²) in [5.41, 5.74) is 14.1. The van der Waals surface area contributed by atoms with E-state index in [0.29, 0.717) is 23.7 Å². The molecule has 0 aliphatic heterocycles. The fourth-order valence-corrected chi connectivity index (χ4v) is 11.0. The molecule has 0 saturated heterocycles. The Kier molecular flexibility index (Phi) is 11.6. The Labute approximate surface area is 376 Å². The topological polar surface area (TPSA) is 6.48 Å². The SMILES string of the molecule is Cc1ccc2c(c1)c(N(c1ccc(C(C)C)cc1)c1ccc(C3CCCCC3)cc1)cc1c3ccccc3c(N(c3ccc(C(C)C)cc3)c3ccc(C4CCCCC4)cc3)cc21. The van der Waals surface area contributed by atoms with Gasteiger partial charge in [-0.2, -0.15) is 0 Å². The standard InChI is InChI=1S/C61H64N2/c1-41(2)44-21-29-50(30-22-44)62(52-33-25-48(26-34-52)46-14-8-6-9-15-46)60-39-58-55-37-20-43(5)38-59(55)61(40-57(58)54-18-12-13-19-56(54)60)63(51-31-23-45(24-32-51)42(3)4)53-35-27-49(28-36-53)47-16-10-7-11-17-47/h12-13,18-42,46-47H,6-11,14-17H2,1-5H3. The molecule has 10 rings (SSSR count). The first-order chi connectivity index (χ1) is 30.8. The van der Waals surface area contributed by atoms with Crippen molar-refractivity contribution in [2.24, 2.45) is 0 Å². The van der Waals surface area contributed by atoms with E-state index in [1.165, 1.54) is 158 Å². The van der Waals surface area contributed by atoms with E-state index in [0.717, 1.165) is 0 Å². The highest BCUT2D eigenvalue weighted by atomic mass is 15.2. The molecule has 0 amide bonds. The molecular weight excluding hydrogens is 761 g/mol. The highest BCUT2D eigenvalue weighted by molar-refractivity contribution is 6.24. The Morgan fingerprint density at radius 3 is 1.17 bits per heavy atom. The van der Waals surface area contributed by atoms with Crippen molar-refractivity contribution in [3.63, 3.8) is 0 Å². The average Bonchev–Trinajstić information content (AvgIpc) is 3.33. The summed E-state index contributed by atoms with van der Waals surface area (Å²) in [7, 11) is 0. The third kappa shape index (κ3) is 8.14. The zero-order chi connectivity index (χ0) is 43.0. The van der Waals surface area contributed by atoms with Gasteiger partial charge in [-0.1, -0.05) is 157 Å². The molecule has 0 spiro atoms. The Balaban J connectivity index is 1.19.